The quantitative estimate of drug-likeness (QED) is 0.642. The van der Waals surface area contributed by atoms with Crippen molar-refractivity contribution in [1.29, 1.82) is 0 Å². The molecular formula is C15H19N7O2. The first-order chi connectivity index (χ1) is 11.6. The summed E-state index contributed by atoms with van der Waals surface area (Å²) in [6.45, 7) is 5.39. The van der Waals surface area contributed by atoms with Gasteiger partial charge in [0, 0.05) is 37.6 Å². The fraction of sp³-hybridized carbons (Fsp3) is 0.400. The summed E-state index contributed by atoms with van der Waals surface area (Å²) in [5.74, 6) is 1.17. The van der Waals surface area contributed by atoms with Crippen LogP contribution in [0.5, 0.6) is 0 Å². The summed E-state index contributed by atoms with van der Waals surface area (Å²) in [4.78, 5) is 36.5. The smallest absolute Gasteiger partial charge is 0.286 e. The summed E-state index contributed by atoms with van der Waals surface area (Å²) in [7, 11) is 0. The first kappa shape index (κ1) is 15.9. The third kappa shape index (κ3) is 3.05. The lowest BCUT2D eigenvalue weighted by molar-refractivity contribution is 0.0950. The van der Waals surface area contributed by atoms with Gasteiger partial charge in [0.15, 0.2) is 0 Å². The van der Waals surface area contributed by atoms with E-state index in [4.69, 9.17) is 0 Å². The molecule has 0 bridgehead atoms. The molecule has 0 aromatic carbocycles. The second-order valence-corrected chi connectivity index (χ2v) is 5.74. The Balaban J connectivity index is 1.58. The Morgan fingerprint density at radius 2 is 2.17 bits per heavy atom. The first-order valence-corrected chi connectivity index (χ1v) is 7.78. The predicted octanol–water partition coefficient (Wildman–Crippen LogP) is 0.558. The van der Waals surface area contributed by atoms with Crippen LogP contribution in [-0.4, -0.2) is 41.6 Å². The van der Waals surface area contributed by atoms with E-state index in [2.05, 4.69) is 43.8 Å². The molecule has 3 rings (SSSR count). The maximum absolute atomic E-state index is 12.1. The lowest BCUT2D eigenvalue weighted by atomic mass is 10.2. The zero-order chi connectivity index (χ0) is 17.1. The predicted molar refractivity (Wildman–Crippen MR) is 86.9 cm³/mol. The third-order valence-corrected chi connectivity index (χ3v) is 3.68. The molecule has 24 heavy (non-hydrogen) atoms. The number of nitrogens with one attached hydrogen (secondary N) is 2. The molecule has 0 aliphatic heterocycles. The first-order valence-electron chi connectivity index (χ1n) is 7.78. The van der Waals surface area contributed by atoms with Gasteiger partial charge in [-0.2, -0.15) is 4.52 Å². The summed E-state index contributed by atoms with van der Waals surface area (Å²) in [6, 6.07) is 0. The molecule has 0 saturated carbocycles. The molecule has 0 aliphatic rings. The topological polar surface area (TPSA) is 110 Å². The van der Waals surface area contributed by atoms with E-state index in [0.717, 1.165) is 23.3 Å². The van der Waals surface area contributed by atoms with Gasteiger partial charge in [-0.1, -0.05) is 13.8 Å². The van der Waals surface area contributed by atoms with Gasteiger partial charge < -0.3 is 9.88 Å². The summed E-state index contributed by atoms with van der Waals surface area (Å²) in [5.41, 5.74) is -0.478. The molecule has 126 valence electrons. The number of nitrogens with zero attached hydrogens (tertiary/aromatic N) is 5. The van der Waals surface area contributed by atoms with Gasteiger partial charge in [-0.15, -0.1) is 0 Å². The normalized spacial score (nSPS) is 11.3. The van der Waals surface area contributed by atoms with Crippen LogP contribution in [0.1, 0.15) is 42.4 Å². The summed E-state index contributed by atoms with van der Waals surface area (Å²) in [5, 5.41) is 5.37. The monoisotopic (exact) mass is 329 g/mol. The van der Waals surface area contributed by atoms with Crippen molar-refractivity contribution in [3.63, 3.8) is 0 Å². The van der Waals surface area contributed by atoms with Gasteiger partial charge in [0.2, 0.25) is 0 Å². The molecule has 0 fully saturated rings. The number of imidazole rings is 1. The fourth-order valence-corrected chi connectivity index (χ4v) is 2.51. The molecule has 0 saturated heterocycles. The minimum Gasteiger partial charge on any atom is -0.352 e. The van der Waals surface area contributed by atoms with Crippen LogP contribution in [0, 0.1) is 0 Å². The molecule has 9 nitrogen and oxygen atoms in total. The minimum absolute atomic E-state index is 0.0118. The molecular weight excluding hydrogens is 310 g/mol. The lowest BCUT2D eigenvalue weighted by Crippen LogP contribution is -2.32. The highest BCUT2D eigenvalue weighted by Crippen LogP contribution is 2.11. The van der Waals surface area contributed by atoms with Crippen LogP contribution in [-0.2, 0) is 6.54 Å². The van der Waals surface area contributed by atoms with Crippen LogP contribution >= 0.6 is 0 Å². The zero-order valence-corrected chi connectivity index (χ0v) is 13.6. The molecule has 3 heterocycles. The Morgan fingerprint density at radius 1 is 1.33 bits per heavy atom. The average molecular weight is 329 g/mol. The number of rotatable bonds is 6. The number of aryl methyl sites for hydroxylation is 1. The van der Waals surface area contributed by atoms with Crippen LogP contribution in [0.25, 0.3) is 5.78 Å². The number of amides is 1. The number of hydrogen-bond donors (Lipinski definition) is 2. The number of H-pyrrole nitrogens is 1. The average Bonchev–Trinajstić information content (AvgIpc) is 3.20. The van der Waals surface area contributed by atoms with Gasteiger partial charge in [0.1, 0.15) is 17.7 Å². The standard InChI is InChI=1S/C15H19N7O2/c1-10(2)12-16-5-7-21(12)6-3-4-17-13(23)11-8-18-15-19-9-20-22(15)14(11)24/h5,7-10H,3-4,6H2,1-2H3,(H,17,23)(H,18,19,20). The van der Waals surface area contributed by atoms with E-state index in [1.54, 1.807) is 6.20 Å². The van der Waals surface area contributed by atoms with E-state index in [1.807, 2.05) is 6.20 Å². The molecule has 9 heteroatoms. The van der Waals surface area contributed by atoms with Gasteiger partial charge in [-0.25, -0.2) is 15.0 Å². The number of aromatic nitrogens is 6. The highest BCUT2D eigenvalue weighted by atomic mass is 16.2. The lowest BCUT2D eigenvalue weighted by Gasteiger charge is -2.10. The molecule has 0 atom stereocenters. The molecule has 0 aliphatic carbocycles. The van der Waals surface area contributed by atoms with Crippen molar-refractivity contribution in [1.82, 2.24) is 34.4 Å². The maximum atomic E-state index is 12.1. The number of fused-ring (bicyclic) bond motifs is 1. The van der Waals surface area contributed by atoms with E-state index in [1.165, 1.54) is 12.5 Å². The number of carbonyl (C=O) groups excluding carboxylic acids is 1. The summed E-state index contributed by atoms with van der Waals surface area (Å²) < 4.78 is 3.21. The van der Waals surface area contributed by atoms with Crippen molar-refractivity contribution >= 4 is 11.7 Å². The van der Waals surface area contributed by atoms with Gasteiger partial charge in [-0.05, 0) is 6.42 Å². The summed E-state index contributed by atoms with van der Waals surface area (Å²) in [6.07, 6.45) is 7.05. The molecule has 0 radical (unpaired) electrons. The Bertz CT molecular complexity index is 906. The van der Waals surface area contributed by atoms with Crippen molar-refractivity contribution < 1.29 is 4.79 Å². The Morgan fingerprint density at radius 3 is 2.96 bits per heavy atom. The van der Waals surface area contributed by atoms with Gasteiger partial charge in [-0.3, -0.25) is 14.7 Å². The van der Waals surface area contributed by atoms with Crippen LogP contribution in [0.3, 0.4) is 0 Å². The van der Waals surface area contributed by atoms with Crippen molar-refractivity contribution in [3.05, 3.63) is 46.7 Å². The second-order valence-electron chi connectivity index (χ2n) is 5.74. The van der Waals surface area contributed by atoms with Crippen LogP contribution in [0.15, 0.2) is 29.7 Å². The van der Waals surface area contributed by atoms with Crippen molar-refractivity contribution in [3.8, 4) is 0 Å². The molecule has 1 amide bonds. The zero-order valence-electron chi connectivity index (χ0n) is 13.6. The molecule has 2 N–H and O–H groups in total. The minimum atomic E-state index is -0.466. The Labute approximate surface area is 137 Å². The van der Waals surface area contributed by atoms with Gasteiger partial charge in [0.25, 0.3) is 17.2 Å². The fourth-order valence-electron chi connectivity index (χ4n) is 2.51. The van der Waals surface area contributed by atoms with Crippen LogP contribution in [0.2, 0.25) is 0 Å². The van der Waals surface area contributed by atoms with E-state index >= 15 is 0 Å². The van der Waals surface area contributed by atoms with Crippen molar-refractivity contribution in [2.75, 3.05) is 6.54 Å². The molecule has 0 unspecified atom stereocenters. The molecule has 3 aromatic rings. The SMILES string of the molecule is CC(C)c1nccn1CCCNC(=O)c1cnc2nc[nH]n2c1=O. The summed E-state index contributed by atoms with van der Waals surface area (Å²) >= 11 is 0. The second kappa shape index (κ2) is 6.65. The molecule has 3 aromatic heterocycles. The van der Waals surface area contributed by atoms with Gasteiger partial charge in [0.05, 0.1) is 0 Å². The highest BCUT2D eigenvalue weighted by molar-refractivity contribution is 5.93. The highest BCUT2D eigenvalue weighted by Gasteiger charge is 2.14. The maximum Gasteiger partial charge on any atom is 0.286 e. The van der Waals surface area contributed by atoms with Crippen LogP contribution in [0.4, 0.5) is 0 Å². The van der Waals surface area contributed by atoms with E-state index in [9.17, 15) is 9.59 Å². The largest absolute Gasteiger partial charge is 0.352 e. The number of aromatic amines is 1. The van der Waals surface area contributed by atoms with E-state index < -0.39 is 11.5 Å². The third-order valence-electron chi connectivity index (χ3n) is 3.68. The number of carbonyl (C=O) groups is 1. The van der Waals surface area contributed by atoms with Crippen molar-refractivity contribution in [2.45, 2.75) is 32.7 Å². The Hall–Kier alpha value is -2.97. The van der Waals surface area contributed by atoms with Gasteiger partial charge >= 0.3 is 0 Å². The Kier molecular flexibility index (Phi) is 4.41. The van der Waals surface area contributed by atoms with Crippen LogP contribution < -0.4 is 10.9 Å². The van der Waals surface area contributed by atoms with E-state index in [0.29, 0.717) is 12.5 Å². The molecule has 0 spiro atoms. The van der Waals surface area contributed by atoms with E-state index in [-0.39, 0.29) is 11.3 Å². The number of hydrogen-bond acceptors (Lipinski definition) is 5. The van der Waals surface area contributed by atoms with Crippen molar-refractivity contribution in [2.24, 2.45) is 0 Å².